The van der Waals surface area contributed by atoms with Crippen molar-refractivity contribution in [3.63, 3.8) is 0 Å². The van der Waals surface area contributed by atoms with E-state index in [-0.39, 0.29) is 25.1 Å². The molecule has 0 N–H and O–H groups in total. The molecule has 0 aromatic heterocycles. The summed E-state index contributed by atoms with van der Waals surface area (Å²) >= 11 is 18.7. The van der Waals surface area contributed by atoms with Crippen LogP contribution in [0.1, 0.15) is 34.1 Å². The molecule has 0 atom stereocenters. The first-order valence-electron chi connectivity index (χ1n) is 5.08. The van der Waals surface area contributed by atoms with Gasteiger partial charge < -0.3 is 0 Å². The van der Waals surface area contributed by atoms with Gasteiger partial charge in [-0.25, -0.2) is 0 Å². The molecule has 0 aromatic carbocycles. The van der Waals surface area contributed by atoms with Gasteiger partial charge in [0, 0.05) is 0 Å². The van der Waals surface area contributed by atoms with Crippen molar-refractivity contribution < 1.29 is 4.52 Å². The van der Waals surface area contributed by atoms with Gasteiger partial charge in [-0.1, -0.05) is 0 Å². The van der Waals surface area contributed by atoms with Crippen molar-refractivity contribution in [1.29, 1.82) is 5.26 Å². The predicted octanol–water partition coefficient (Wildman–Crippen LogP) is 4.88. The monoisotopic (exact) mass is 306 g/mol. The molecule has 0 saturated heterocycles. The third-order valence-corrected chi connectivity index (χ3v) is 6.60. The van der Waals surface area contributed by atoms with E-state index in [1.165, 1.54) is 0 Å². The van der Waals surface area contributed by atoms with E-state index in [0.717, 1.165) is 0 Å². The van der Waals surface area contributed by atoms with Crippen LogP contribution in [-0.2, 0) is 4.52 Å². The maximum absolute atomic E-state index is 8.45. The second-order valence-corrected chi connectivity index (χ2v) is 13.4. The van der Waals surface area contributed by atoms with Gasteiger partial charge in [-0.3, -0.25) is 0 Å². The van der Waals surface area contributed by atoms with Gasteiger partial charge in [-0.15, -0.1) is 0 Å². The molecule has 0 spiro atoms. The molecule has 0 aliphatic rings. The average Bonchev–Trinajstić information content (AvgIpc) is 1.99. The fourth-order valence-corrected chi connectivity index (χ4v) is 7.31. The first-order chi connectivity index (χ1) is 7.10. The molecule has 0 rings (SSSR count). The second-order valence-electron chi connectivity index (χ2n) is 4.02. The Morgan fingerprint density at radius 3 is 1.94 bits per heavy atom. The summed E-state index contributed by atoms with van der Waals surface area (Å²) in [6.45, 7) is 7.93. The topological polar surface area (TPSA) is 36.3 Å². The Kier molecular flexibility index (Phi) is 6.32. The minimum atomic E-state index is -3.87. The van der Waals surface area contributed by atoms with Crippen molar-refractivity contribution in [2.45, 2.75) is 46.2 Å². The summed E-state index contributed by atoms with van der Waals surface area (Å²) in [5.41, 5.74) is 0. The summed E-state index contributed by atoms with van der Waals surface area (Å²) in [6, 6.07) is 2.08. The van der Waals surface area contributed by atoms with Crippen LogP contribution < -0.4 is 0 Å². The normalized spacial score (nSPS) is 15.2. The molecular weight excluding hydrogens is 289 g/mol. The zero-order valence-corrected chi connectivity index (χ0v) is 13.1. The molecule has 0 fully saturated rings. The number of halogens is 3. The summed E-state index contributed by atoms with van der Waals surface area (Å²) in [5.74, 6) is 0. The standard InChI is InChI=1S/C9H18Cl3N2OP/c1-8(2)14(9(3)4)16(10,11,12)15-7-5-6-13/h8-9H,5,7H2,1-4H3. The molecule has 0 bridgehead atoms. The van der Waals surface area contributed by atoms with Gasteiger partial charge in [0.2, 0.25) is 0 Å². The number of hydrogen-bond acceptors (Lipinski definition) is 3. The number of hydrogen-bond donors (Lipinski definition) is 0. The quantitative estimate of drug-likeness (QED) is 0.518. The Labute approximate surface area is 112 Å². The van der Waals surface area contributed by atoms with Crippen molar-refractivity contribution in [3.05, 3.63) is 0 Å². The van der Waals surface area contributed by atoms with E-state index < -0.39 is 5.04 Å². The van der Waals surface area contributed by atoms with E-state index in [2.05, 4.69) is 0 Å². The van der Waals surface area contributed by atoms with Gasteiger partial charge in [0.15, 0.2) is 0 Å². The molecule has 0 radical (unpaired) electrons. The van der Waals surface area contributed by atoms with Crippen molar-refractivity contribution in [2.75, 3.05) is 6.61 Å². The first kappa shape index (κ1) is 16.7. The number of rotatable bonds is 6. The van der Waals surface area contributed by atoms with Crippen LogP contribution >= 0.6 is 38.8 Å². The summed E-state index contributed by atoms with van der Waals surface area (Å²) in [6.07, 6.45) is 0.216. The van der Waals surface area contributed by atoms with Gasteiger partial charge in [-0.05, 0) is 0 Å². The van der Waals surface area contributed by atoms with Gasteiger partial charge >= 0.3 is 112 Å². The van der Waals surface area contributed by atoms with Crippen LogP contribution in [0.25, 0.3) is 0 Å². The molecule has 0 saturated carbocycles. The first-order valence-corrected chi connectivity index (χ1v) is 9.90. The van der Waals surface area contributed by atoms with E-state index in [9.17, 15) is 0 Å². The molecule has 16 heavy (non-hydrogen) atoms. The zero-order valence-electron chi connectivity index (χ0n) is 9.95. The molecule has 0 aliphatic carbocycles. The zero-order chi connectivity index (χ0) is 13.0. The molecule has 0 unspecified atom stereocenters. The summed E-state index contributed by atoms with van der Waals surface area (Å²) in [5, 5.41) is 4.57. The van der Waals surface area contributed by atoms with Gasteiger partial charge in [0.25, 0.3) is 0 Å². The predicted molar refractivity (Wildman–Crippen MR) is 72.8 cm³/mol. The third-order valence-electron chi connectivity index (χ3n) is 1.92. The van der Waals surface area contributed by atoms with E-state index in [1.807, 2.05) is 33.8 Å². The minimum absolute atomic E-state index is 0.0623. The van der Waals surface area contributed by atoms with E-state index in [4.69, 9.17) is 43.5 Å². The van der Waals surface area contributed by atoms with E-state index >= 15 is 0 Å². The molecule has 0 aromatic rings. The molecule has 7 heteroatoms. The van der Waals surface area contributed by atoms with Gasteiger partial charge in [0.1, 0.15) is 0 Å². The van der Waals surface area contributed by atoms with Crippen molar-refractivity contribution in [3.8, 4) is 6.07 Å². The number of nitrogens with zero attached hydrogens (tertiary/aromatic N) is 2. The number of nitriles is 1. The van der Waals surface area contributed by atoms with Crippen molar-refractivity contribution in [1.82, 2.24) is 4.67 Å². The summed E-state index contributed by atoms with van der Waals surface area (Å²) < 4.78 is 7.13. The van der Waals surface area contributed by atoms with Crippen LogP contribution in [0.15, 0.2) is 0 Å². The van der Waals surface area contributed by atoms with Crippen LogP contribution in [0.2, 0.25) is 0 Å². The molecule has 0 heterocycles. The second kappa shape index (κ2) is 6.05. The molecule has 0 aliphatic heterocycles. The van der Waals surface area contributed by atoms with Crippen LogP contribution in [-0.4, -0.2) is 23.4 Å². The molecule has 3 nitrogen and oxygen atoms in total. The Morgan fingerprint density at radius 1 is 1.19 bits per heavy atom. The SMILES string of the molecule is CC(C)N(C(C)C)P(Cl)(Cl)(Cl)OCCC#N. The van der Waals surface area contributed by atoms with Gasteiger partial charge in [0.05, 0.1) is 0 Å². The van der Waals surface area contributed by atoms with Crippen molar-refractivity contribution in [2.24, 2.45) is 0 Å². The molecule has 0 amide bonds. The van der Waals surface area contributed by atoms with Crippen LogP contribution in [0.3, 0.4) is 0 Å². The average molecular weight is 308 g/mol. The molecule has 96 valence electrons. The third kappa shape index (κ3) is 4.92. The Morgan fingerprint density at radius 2 is 1.62 bits per heavy atom. The fourth-order valence-electron chi connectivity index (χ4n) is 1.61. The van der Waals surface area contributed by atoms with Crippen LogP contribution in [0.5, 0.6) is 0 Å². The Balaban J connectivity index is 4.86. The molecular formula is C9H18Cl3N2OP. The Hall–Kier alpha value is 0.710. The van der Waals surface area contributed by atoms with Gasteiger partial charge in [-0.2, -0.15) is 0 Å². The summed E-state index contributed by atoms with van der Waals surface area (Å²) in [4.78, 5) is 0. The van der Waals surface area contributed by atoms with Crippen LogP contribution in [0.4, 0.5) is 0 Å². The van der Waals surface area contributed by atoms with E-state index in [1.54, 1.807) is 4.67 Å². The van der Waals surface area contributed by atoms with Crippen molar-refractivity contribution >= 4 is 38.8 Å². The Bertz CT molecular complexity index is 262. The maximum atomic E-state index is 8.45. The van der Waals surface area contributed by atoms with E-state index in [0.29, 0.717) is 0 Å². The summed E-state index contributed by atoms with van der Waals surface area (Å²) in [7, 11) is 0. The fraction of sp³-hybridized carbons (Fsp3) is 0.889. The van der Waals surface area contributed by atoms with Crippen LogP contribution in [0, 0.1) is 11.3 Å².